The quantitative estimate of drug-likeness (QED) is 0.519. The smallest absolute Gasteiger partial charge is 0.0984 e. The van der Waals surface area contributed by atoms with E-state index < -0.39 is 0 Å². The first-order chi connectivity index (χ1) is 13.4. The van der Waals surface area contributed by atoms with E-state index in [0.29, 0.717) is 0 Å². The van der Waals surface area contributed by atoms with Crippen LogP contribution in [0.3, 0.4) is 0 Å². The highest BCUT2D eigenvalue weighted by atomic mass is 15.2. The molecule has 3 nitrogen and oxygen atoms in total. The first-order valence-electron chi connectivity index (χ1n) is 10.7. The molecule has 1 aliphatic carbocycles. The highest BCUT2D eigenvalue weighted by molar-refractivity contribution is 6.01. The number of aryl methyl sites for hydroxylation is 5. The third-order valence-corrected chi connectivity index (χ3v) is 5.99. The molecule has 0 saturated heterocycles. The molecule has 4 rings (SSSR count). The fourth-order valence-corrected chi connectivity index (χ4v) is 4.72. The Hall–Kier alpha value is -2.29. The molecule has 0 amide bonds. The van der Waals surface area contributed by atoms with Gasteiger partial charge in [0.2, 0.25) is 0 Å². The highest BCUT2D eigenvalue weighted by Crippen LogP contribution is 2.39. The van der Waals surface area contributed by atoms with Gasteiger partial charge in [-0.2, -0.15) is 0 Å². The zero-order chi connectivity index (χ0) is 20.0. The summed E-state index contributed by atoms with van der Waals surface area (Å²) in [5, 5.41) is 0. The Morgan fingerprint density at radius 3 is 2.36 bits per heavy atom. The van der Waals surface area contributed by atoms with E-state index in [4.69, 9.17) is 4.98 Å². The summed E-state index contributed by atoms with van der Waals surface area (Å²) in [6, 6.07) is 6.86. The lowest BCUT2D eigenvalue weighted by molar-refractivity contribution is 0.708. The molecular weight excluding hydrogens is 342 g/mol. The second kappa shape index (κ2) is 7.27. The standard InChI is InChI=1S/C25H33N3/c1-7-10-28(14-20-8-9-20)22-13-19(5)26-24-21(15-27(6)25(22)24)23-17(3)11-16(2)12-18(23)4/h11-13,15,20H,7-10,14H2,1-6H3. The van der Waals surface area contributed by atoms with Crippen molar-refractivity contribution in [2.45, 2.75) is 53.9 Å². The van der Waals surface area contributed by atoms with Gasteiger partial charge < -0.3 is 9.47 Å². The fraction of sp³-hybridized carbons (Fsp3) is 0.480. The summed E-state index contributed by atoms with van der Waals surface area (Å²) in [5.41, 5.74) is 11.5. The van der Waals surface area contributed by atoms with Crippen LogP contribution in [-0.4, -0.2) is 22.6 Å². The number of hydrogen-bond acceptors (Lipinski definition) is 2. The minimum Gasteiger partial charge on any atom is -0.369 e. The summed E-state index contributed by atoms with van der Waals surface area (Å²) in [5.74, 6) is 0.872. The lowest BCUT2D eigenvalue weighted by Crippen LogP contribution is -2.27. The lowest BCUT2D eigenvalue weighted by Gasteiger charge is -2.26. The molecule has 28 heavy (non-hydrogen) atoms. The van der Waals surface area contributed by atoms with E-state index in [9.17, 15) is 0 Å². The molecule has 148 valence electrons. The maximum absolute atomic E-state index is 5.03. The highest BCUT2D eigenvalue weighted by Gasteiger charge is 2.26. The van der Waals surface area contributed by atoms with Crippen LogP contribution in [-0.2, 0) is 7.05 Å². The van der Waals surface area contributed by atoms with Crippen molar-refractivity contribution in [2.75, 3.05) is 18.0 Å². The molecule has 2 aromatic heterocycles. The van der Waals surface area contributed by atoms with Crippen molar-refractivity contribution >= 4 is 16.7 Å². The number of benzene rings is 1. The Morgan fingerprint density at radius 1 is 1.07 bits per heavy atom. The Labute approximate surface area is 169 Å². The molecule has 2 heterocycles. The van der Waals surface area contributed by atoms with Gasteiger partial charge in [0, 0.05) is 37.6 Å². The molecular formula is C25H33N3. The molecule has 0 bridgehead atoms. The summed E-state index contributed by atoms with van der Waals surface area (Å²) in [7, 11) is 2.17. The average molecular weight is 376 g/mol. The summed E-state index contributed by atoms with van der Waals surface area (Å²) < 4.78 is 2.29. The van der Waals surface area contributed by atoms with Gasteiger partial charge in [0.15, 0.2) is 0 Å². The summed E-state index contributed by atoms with van der Waals surface area (Å²) in [4.78, 5) is 7.63. The third-order valence-electron chi connectivity index (χ3n) is 5.99. The van der Waals surface area contributed by atoms with Crippen molar-refractivity contribution in [3.63, 3.8) is 0 Å². The van der Waals surface area contributed by atoms with Crippen LogP contribution in [0.4, 0.5) is 5.69 Å². The molecule has 0 aliphatic heterocycles. The number of anilines is 1. The molecule has 0 unspecified atom stereocenters. The van der Waals surface area contributed by atoms with Crippen molar-refractivity contribution in [1.82, 2.24) is 9.55 Å². The summed E-state index contributed by atoms with van der Waals surface area (Å²) in [6.45, 7) is 13.3. The van der Waals surface area contributed by atoms with Gasteiger partial charge in [0.05, 0.1) is 16.7 Å². The predicted octanol–water partition coefficient (Wildman–Crippen LogP) is 6.10. The number of hydrogen-bond donors (Lipinski definition) is 0. The van der Waals surface area contributed by atoms with Crippen LogP contribution < -0.4 is 4.90 Å². The van der Waals surface area contributed by atoms with Gasteiger partial charge in [-0.15, -0.1) is 0 Å². The van der Waals surface area contributed by atoms with Crippen LogP contribution in [0.1, 0.15) is 48.6 Å². The molecule has 1 saturated carbocycles. The minimum absolute atomic E-state index is 0.872. The van der Waals surface area contributed by atoms with Crippen molar-refractivity contribution in [2.24, 2.45) is 13.0 Å². The molecule has 0 N–H and O–H groups in total. The lowest BCUT2D eigenvalue weighted by atomic mass is 9.94. The zero-order valence-electron chi connectivity index (χ0n) is 18.3. The van der Waals surface area contributed by atoms with E-state index in [1.54, 1.807) is 0 Å². The van der Waals surface area contributed by atoms with E-state index in [0.717, 1.165) is 23.7 Å². The van der Waals surface area contributed by atoms with Crippen molar-refractivity contribution in [1.29, 1.82) is 0 Å². The zero-order valence-corrected chi connectivity index (χ0v) is 18.3. The average Bonchev–Trinajstić information content (AvgIpc) is 3.37. The SMILES string of the molecule is CCCN(CC1CC1)c1cc(C)nc2c(-c3c(C)cc(C)cc3C)cn(C)c12. The van der Waals surface area contributed by atoms with Gasteiger partial charge in [-0.3, -0.25) is 4.98 Å². The van der Waals surface area contributed by atoms with Gasteiger partial charge in [0.1, 0.15) is 0 Å². The van der Waals surface area contributed by atoms with Gasteiger partial charge >= 0.3 is 0 Å². The maximum atomic E-state index is 5.03. The number of pyridine rings is 1. The molecule has 1 aromatic carbocycles. The summed E-state index contributed by atoms with van der Waals surface area (Å²) in [6.07, 6.45) is 6.22. The molecule has 1 aliphatic rings. The second-order valence-electron chi connectivity index (χ2n) is 8.80. The molecule has 0 radical (unpaired) electrons. The molecule has 0 atom stereocenters. The summed E-state index contributed by atoms with van der Waals surface area (Å²) >= 11 is 0. The number of nitrogens with zero attached hydrogens (tertiary/aromatic N) is 3. The minimum atomic E-state index is 0.872. The van der Waals surface area contributed by atoms with Gasteiger partial charge in [-0.05, 0) is 75.6 Å². The van der Waals surface area contributed by atoms with Crippen LogP contribution in [0.5, 0.6) is 0 Å². The Bertz CT molecular complexity index is 1000. The van der Waals surface area contributed by atoms with Crippen molar-refractivity contribution < 1.29 is 0 Å². The fourth-order valence-electron chi connectivity index (χ4n) is 4.72. The van der Waals surface area contributed by atoms with E-state index in [2.05, 4.69) is 75.5 Å². The number of aromatic nitrogens is 2. The predicted molar refractivity (Wildman–Crippen MR) is 120 cm³/mol. The van der Waals surface area contributed by atoms with E-state index in [-0.39, 0.29) is 0 Å². The first-order valence-corrected chi connectivity index (χ1v) is 10.7. The van der Waals surface area contributed by atoms with Crippen LogP contribution in [0.25, 0.3) is 22.2 Å². The maximum Gasteiger partial charge on any atom is 0.0984 e. The van der Waals surface area contributed by atoms with Crippen molar-refractivity contribution in [3.05, 3.63) is 46.8 Å². The monoisotopic (exact) mass is 375 g/mol. The number of fused-ring (bicyclic) bond motifs is 1. The Morgan fingerprint density at radius 2 is 1.75 bits per heavy atom. The van der Waals surface area contributed by atoms with Gasteiger partial charge in [-0.1, -0.05) is 24.6 Å². The molecule has 3 aromatic rings. The first kappa shape index (κ1) is 19.0. The van der Waals surface area contributed by atoms with Gasteiger partial charge in [0.25, 0.3) is 0 Å². The molecule has 3 heteroatoms. The van der Waals surface area contributed by atoms with Crippen LogP contribution in [0.2, 0.25) is 0 Å². The van der Waals surface area contributed by atoms with Gasteiger partial charge in [-0.25, -0.2) is 0 Å². The van der Waals surface area contributed by atoms with Crippen LogP contribution in [0, 0.1) is 33.6 Å². The van der Waals surface area contributed by atoms with Crippen LogP contribution in [0.15, 0.2) is 24.4 Å². The van der Waals surface area contributed by atoms with Crippen LogP contribution >= 0.6 is 0 Å². The molecule has 0 spiro atoms. The third kappa shape index (κ3) is 3.43. The van der Waals surface area contributed by atoms with E-state index in [1.165, 1.54) is 64.8 Å². The largest absolute Gasteiger partial charge is 0.369 e. The normalized spacial score (nSPS) is 14.1. The number of rotatable bonds is 6. The van der Waals surface area contributed by atoms with E-state index >= 15 is 0 Å². The molecule has 1 fully saturated rings. The second-order valence-corrected chi connectivity index (χ2v) is 8.80. The Balaban J connectivity index is 1.93. The van der Waals surface area contributed by atoms with E-state index in [1.807, 2.05) is 0 Å². The van der Waals surface area contributed by atoms with Crippen molar-refractivity contribution in [3.8, 4) is 11.1 Å². The Kier molecular flexibility index (Phi) is 4.95. The topological polar surface area (TPSA) is 21.1 Å².